The molecule has 1 aliphatic rings. The Balaban J connectivity index is 1.58. The number of carbonyl (C=O) groups excluding carboxylic acids is 2. The van der Waals surface area contributed by atoms with Crippen molar-refractivity contribution in [2.24, 2.45) is 0 Å². The van der Waals surface area contributed by atoms with Crippen molar-refractivity contribution in [1.82, 2.24) is 19.4 Å². The minimum atomic E-state index is -0.222. The van der Waals surface area contributed by atoms with Gasteiger partial charge in [0.15, 0.2) is 5.82 Å². The van der Waals surface area contributed by atoms with Gasteiger partial charge in [0, 0.05) is 45.4 Å². The van der Waals surface area contributed by atoms with Crippen LogP contribution in [0, 0.1) is 0 Å². The van der Waals surface area contributed by atoms with Crippen LogP contribution in [0.1, 0.15) is 19.4 Å². The van der Waals surface area contributed by atoms with Gasteiger partial charge in [-0.15, -0.1) is 10.2 Å². The van der Waals surface area contributed by atoms with Gasteiger partial charge in [0.25, 0.3) is 0 Å². The Hall–Kier alpha value is -1.91. The number of amides is 2. The lowest BCUT2D eigenvalue weighted by Crippen LogP contribution is -2.46. The van der Waals surface area contributed by atoms with Gasteiger partial charge >= 0.3 is 0 Å². The summed E-state index contributed by atoms with van der Waals surface area (Å²) in [5.41, 5.74) is 1.07. The van der Waals surface area contributed by atoms with E-state index in [0.717, 1.165) is 18.7 Å². The van der Waals surface area contributed by atoms with E-state index < -0.39 is 0 Å². The first-order valence-corrected chi connectivity index (χ1v) is 11.2. The number of halogens is 2. The monoisotopic (exact) mass is 483 g/mol. The molecule has 0 saturated carbocycles. The highest BCUT2D eigenvalue weighted by Gasteiger charge is 2.25. The number of hydrogen-bond donors (Lipinski definition) is 1. The Morgan fingerprint density at radius 2 is 2.03 bits per heavy atom. The predicted molar refractivity (Wildman–Crippen MR) is 121 cm³/mol. The molecule has 1 fully saturated rings. The molecule has 8 nitrogen and oxygen atoms in total. The molecule has 166 valence electrons. The summed E-state index contributed by atoms with van der Waals surface area (Å²) in [6, 6.07) is 8.97. The zero-order valence-corrected chi connectivity index (χ0v) is 19.5. The maximum absolute atomic E-state index is 12.2. The summed E-state index contributed by atoms with van der Waals surface area (Å²) in [4.78, 5) is 25.5. The molecule has 1 aromatic carbocycles. The summed E-state index contributed by atoms with van der Waals surface area (Å²) in [7, 11) is 0. The van der Waals surface area contributed by atoms with Crippen molar-refractivity contribution in [2.45, 2.75) is 31.5 Å². The van der Waals surface area contributed by atoms with Gasteiger partial charge in [0.1, 0.15) is 5.03 Å². The van der Waals surface area contributed by atoms with Crippen molar-refractivity contribution in [2.75, 3.05) is 31.6 Å². The van der Waals surface area contributed by atoms with Crippen LogP contribution in [0.2, 0.25) is 10.0 Å². The van der Waals surface area contributed by atoms with Crippen LogP contribution in [0.3, 0.4) is 0 Å². The molecule has 0 bridgehead atoms. The third-order valence-electron chi connectivity index (χ3n) is 4.48. The van der Waals surface area contributed by atoms with Gasteiger partial charge in [-0.1, -0.05) is 29.3 Å². The van der Waals surface area contributed by atoms with Crippen LogP contribution in [0.15, 0.2) is 35.4 Å². The van der Waals surface area contributed by atoms with Gasteiger partial charge in [-0.25, -0.2) is 0 Å². The summed E-state index contributed by atoms with van der Waals surface area (Å²) in [6.07, 6.45) is -0.139. The molecular weight excluding hydrogens is 461 g/mol. The van der Waals surface area contributed by atoms with Crippen LogP contribution in [0.4, 0.5) is 5.82 Å². The van der Waals surface area contributed by atoms with Crippen molar-refractivity contribution in [3.8, 4) is 0 Å². The number of aromatic nitrogens is 2. The highest BCUT2D eigenvalue weighted by atomic mass is 35.5. The SMILES string of the molecule is CC(=O)Nc1ccc(SN(C[C@@H]2CN(Cc3ccc(Cl)c(Cl)c3)CCO2)C(C)=O)nn1. The highest BCUT2D eigenvalue weighted by Crippen LogP contribution is 2.25. The van der Waals surface area contributed by atoms with Crippen molar-refractivity contribution in [3.05, 3.63) is 45.9 Å². The summed E-state index contributed by atoms with van der Waals surface area (Å²) in [5.74, 6) is 0.0302. The molecule has 1 N–H and O–H groups in total. The lowest BCUT2D eigenvalue weighted by Gasteiger charge is -2.35. The third-order valence-corrected chi connectivity index (χ3v) is 6.25. The Bertz CT molecular complexity index is 932. The van der Waals surface area contributed by atoms with E-state index in [2.05, 4.69) is 20.4 Å². The van der Waals surface area contributed by atoms with E-state index in [-0.39, 0.29) is 17.9 Å². The third kappa shape index (κ3) is 7.33. The zero-order chi connectivity index (χ0) is 22.4. The predicted octanol–water partition coefficient (Wildman–Crippen LogP) is 3.50. The Labute approximate surface area is 195 Å². The van der Waals surface area contributed by atoms with Crippen LogP contribution < -0.4 is 5.32 Å². The number of benzene rings is 1. The minimum Gasteiger partial charge on any atom is -0.374 e. The average Bonchev–Trinajstić information content (AvgIpc) is 2.71. The fourth-order valence-corrected chi connectivity index (χ4v) is 4.20. The fraction of sp³-hybridized carbons (Fsp3) is 0.400. The summed E-state index contributed by atoms with van der Waals surface area (Å²) >= 11 is 13.3. The number of hydrogen-bond acceptors (Lipinski definition) is 7. The smallest absolute Gasteiger partial charge is 0.229 e. The Morgan fingerprint density at radius 1 is 1.23 bits per heavy atom. The maximum Gasteiger partial charge on any atom is 0.229 e. The molecule has 1 saturated heterocycles. The van der Waals surface area contributed by atoms with Gasteiger partial charge in [-0.3, -0.25) is 18.8 Å². The number of nitrogens with one attached hydrogen (secondary N) is 1. The van der Waals surface area contributed by atoms with E-state index in [9.17, 15) is 9.59 Å². The van der Waals surface area contributed by atoms with Gasteiger partial charge in [-0.2, -0.15) is 0 Å². The summed E-state index contributed by atoms with van der Waals surface area (Å²) in [5, 5.41) is 12.2. The zero-order valence-electron chi connectivity index (χ0n) is 17.2. The van der Waals surface area contributed by atoms with Crippen LogP contribution in [-0.4, -0.2) is 63.6 Å². The van der Waals surface area contributed by atoms with Crippen LogP contribution in [-0.2, 0) is 20.9 Å². The van der Waals surface area contributed by atoms with Crippen molar-refractivity contribution >= 4 is 52.8 Å². The minimum absolute atomic E-state index is 0.108. The molecule has 3 rings (SSSR count). The molecule has 2 aromatic rings. The number of carbonyl (C=O) groups is 2. The maximum atomic E-state index is 12.2. The van der Waals surface area contributed by atoms with Crippen LogP contribution in [0.25, 0.3) is 0 Å². The second-order valence-corrected chi connectivity index (χ2v) is 8.94. The molecule has 0 unspecified atom stereocenters. The molecule has 11 heteroatoms. The largest absolute Gasteiger partial charge is 0.374 e. The molecule has 2 heterocycles. The van der Waals surface area contributed by atoms with E-state index >= 15 is 0 Å². The second-order valence-electron chi connectivity index (χ2n) is 7.09. The van der Waals surface area contributed by atoms with Gasteiger partial charge < -0.3 is 10.1 Å². The molecular formula is C20H23Cl2N5O3S. The molecule has 0 spiro atoms. The standard InChI is InChI=1S/C20H23Cl2N5O3S/c1-13(28)23-19-5-6-20(25-24-19)31-27(14(2)29)12-16-11-26(7-8-30-16)10-15-3-4-17(21)18(22)9-15/h3-6,9,16H,7-8,10-12H2,1-2H3,(H,23,24,28)/t16-/m0/s1. The molecule has 1 atom stereocenters. The van der Waals surface area contributed by atoms with Crippen LogP contribution in [0.5, 0.6) is 0 Å². The Morgan fingerprint density at radius 3 is 2.68 bits per heavy atom. The number of nitrogens with zero attached hydrogens (tertiary/aromatic N) is 4. The Kier molecular flexibility index (Phi) is 8.50. The van der Waals surface area contributed by atoms with E-state index in [4.69, 9.17) is 27.9 Å². The summed E-state index contributed by atoms with van der Waals surface area (Å²) in [6.45, 7) is 6.08. The highest BCUT2D eigenvalue weighted by molar-refractivity contribution is 7.97. The number of anilines is 1. The topological polar surface area (TPSA) is 87.7 Å². The molecule has 0 radical (unpaired) electrons. The quantitative estimate of drug-likeness (QED) is 0.602. The van der Waals surface area contributed by atoms with Gasteiger partial charge in [-0.05, 0) is 29.8 Å². The van der Waals surface area contributed by atoms with Crippen molar-refractivity contribution in [1.29, 1.82) is 0 Å². The van der Waals surface area contributed by atoms with E-state index in [1.54, 1.807) is 22.5 Å². The lowest BCUT2D eigenvalue weighted by atomic mass is 10.2. The lowest BCUT2D eigenvalue weighted by molar-refractivity contribution is -0.126. The normalized spacial score (nSPS) is 16.7. The molecule has 1 aromatic heterocycles. The van der Waals surface area contributed by atoms with E-state index in [1.165, 1.54) is 25.8 Å². The molecule has 2 amide bonds. The molecule has 31 heavy (non-hydrogen) atoms. The first kappa shape index (κ1) is 23.7. The fourth-order valence-electron chi connectivity index (χ4n) is 3.07. The summed E-state index contributed by atoms with van der Waals surface area (Å²) < 4.78 is 7.50. The number of rotatable bonds is 7. The first-order valence-electron chi connectivity index (χ1n) is 9.65. The second kappa shape index (κ2) is 11.1. The van der Waals surface area contributed by atoms with Crippen LogP contribution >= 0.6 is 35.1 Å². The molecule has 1 aliphatic heterocycles. The first-order chi connectivity index (χ1) is 14.8. The van der Waals surface area contributed by atoms with Crippen molar-refractivity contribution < 1.29 is 14.3 Å². The average molecular weight is 484 g/mol. The number of morpholine rings is 1. The van der Waals surface area contributed by atoms with Gasteiger partial charge in [0.05, 0.1) is 29.3 Å². The van der Waals surface area contributed by atoms with E-state index in [0.29, 0.717) is 40.6 Å². The molecule has 0 aliphatic carbocycles. The van der Waals surface area contributed by atoms with Gasteiger partial charge in [0.2, 0.25) is 11.8 Å². The van der Waals surface area contributed by atoms with Crippen molar-refractivity contribution in [3.63, 3.8) is 0 Å². The number of ether oxygens (including phenoxy) is 1. The van der Waals surface area contributed by atoms with E-state index in [1.807, 2.05) is 12.1 Å².